The minimum atomic E-state index is -4.88. The number of fused-ring (bicyclic) bond motifs is 1. The summed E-state index contributed by atoms with van der Waals surface area (Å²) in [5, 5.41) is 21.0. The molecule has 0 spiro atoms. The quantitative estimate of drug-likeness (QED) is 0.411. The number of likely N-dealkylation sites (tertiary alicyclic amines) is 1. The smallest absolute Gasteiger partial charge is 0.469 e. The van der Waals surface area contributed by atoms with E-state index in [1.54, 1.807) is 31.3 Å². The van der Waals surface area contributed by atoms with Crippen molar-refractivity contribution in [2.75, 3.05) is 20.1 Å². The number of rotatable bonds is 4. The van der Waals surface area contributed by atoms with Gasteiger partial charge in [0.2, 0.25) is 0 Å². The van der Waals surface area contributed by atoms with E-state index < -0.39 is 42.8 Å². The fourth-order valence-electron chi connectivity index (χ4n) is 4.08. The maximum Gasteiger partial charge on any atom is 0.469 e. The molecule has 1 fully saturated rings. The van der Waals surface area contributed by atoms with Gasteiger partial charge in [0, 0.05) is 35.7 Å². The normalized spacial score (nSPS) is 20.4. The van der Waals surface area contributed by atoms with Gasteiger partial charge in [-0.25, -0.2) is 4.57 Å². The second-order valence-electron chi connectivity index (χ2n) is 7.69. The summed E-state index contributed by atoms with van der Waals surface area (Å²) in [6, 6.07) is 6.85. The summed E-state index contributed by atoms with van der Waals surface area (Å²) < 4.78 is 30.8. The lowest BCUT2D eigenvalue weighted by atomic mass is 9.85. The predicted octanol–water partition coefficient (Wildman–Crippen LogP) is 3.42. The molecular weight excluding hydrogens is 461 g/mol. The summed E-state index contributed by atoms with van der Waals surface area (Å²) >= 11 is 6.24. The van der Waals surface area contributed by atoms with E-state index >= 15 is 0 Å². The first-order valence-electron chi connectivity index (χ1n) is 10.2. The Morgan fingerprint density at radius 3 is 2.69 bits per heavy atom. The van der Waals surface area contributed by atoms with E-state index in [-0.39, 0.29) is 39.4 Å². The van der Waals surface area contributed by atoms with Gasteiger partial charge in [-0.05, 0) is 32.1 Å². The maximum atomic E-state index is 13.1. The molecule has 0 radical (unpaired) electrons. The first kappa shape index (κ1) is 21.5. The molecule has 1 aliphatic heterocycles. The van der Waals surface area contributed by atoms with Gasteiger partial charge >= 0.3 is 7.82 Å². The lowest BCUT2D eigenvalue weighted by Gasteiger charge is -2.36. The summed E-state index contributed by atoms with van der Waals surface area (Å²) in [6.45, 7) is 0.640. The van der Waals surface area contributed by atoms with Crippen LogP contribution in [-0.4, -0.2) is 51.1 Å². The molecule has 4 rings (SSSR count). The highest BCUT2D eigenvalue weighted by Crippen LogP contribution is 2.47. The number of nitrogens with zero attached hydrogens (tertiary/aromatic N) is 1. The van der Waals surface area contributed by atoms with Gasteiger partial charge < -0.3 is 29.3 Å². The molecule has 2 unspecified atom stereocenters. The number of piperidine rings is 1. The van der Waals surface area contributed by atoms with E-state index in [0.717, 1.165) is 6.07 Å². The molecule has 1 aromatic heterocycles. The van der Waals surface area contributed by atoms with Crippen LogP contribution in [0.15, 0.2) is 45.6 Å². The number of phenolic OH excluding ortho intramolecular Hbond substituents is 2. The molecule has 170 valence electrons. The van der Waals surface area contributed by atoms with E-state index in [1.165, 1.54) is 0 Å². The number of aromatic hydroxyl groups is 2. The number of benzene rings is 2. The van der Waals surface area contributed by atoms with Crippen LogP contribution >= 0.6 is 19.4 Å². The molecule has 0 amide bonds. The van der Waals surface area contributed by atoms with E-state index in [4.69, 9.17) is 21.9 Å². The zero-order chi connectivity index (χ0) is 24.1. The van der Waals surface area contributed by atoms with Crippen molar-refractivity contribution >= 4 is 30.4 Å². The molecule has 32 heavy (non-hydrogen) atoms. The van der Waals surface area contributed by atoms with Crippen molar-refractivity contribution < 1.29 is 34.9 Å². The molecule has 1 saturated heterocycles. The molecule has 4 N–H and O–H groups in total. The molecule has 0 saturated carbocycles. The first-order valence-corrected chi connectivity index (χ1v) is 11.6. The van der Waals surface area contributed by atoms with Crippen molar-refractivity contribution in [3.63, 3.8) is 0 Å². The van der Waals surface area contributed by atoms with Gasteiger partial charge in [-0.3, -0.25) is 9.32 Å². The minimum absolute atomic E-state index is 0.0553. The zero-order valence-electron chi connectivity index (χ0n) is 17.9. The van der Waals surface area contributed by atoms with Crippen molar-refractivity contribution in [3.05, 3.63) is 57.2 Å². The maximum absolute atomic E-state index is 13.1. The van der Waals surface area contributed by atoms with Crippen molar-refractivity contribution in [1.29, 1.82) is 0 Å². The third-order valence-electron chi connectivity index (χ3n) is 5.46. The Kier molecular flexibility index (Phi) is 5.71. The Balaban J connectivity index is 2.01. The third-order valence-corrected chi connectivity index (χ3v) is 6.33. The summed E-state index contributed by atoms with van der Waals surface area (Å²) in [5.41, 5.74) is -0.717. The fraction of sp³-hybridized carbons (Fsp3) is 0.286. The van der Waals surface area contributed by atoms with Crippen LogP contribution in [0.2, 0.25) is 5.02 Å². The van der Waals surface area contributed by atoms with Crippen molar-refractivity contribution in [2.45, 2.75) is 18.4 Å². The number of halogens is 1. The van der Waals surface area contributed by atoms with Gasteiger partial charge in [0.15, 0.2) is 5.43 Å². The van der Waals surface area contributed by atoms with Gasteiger partial charge in [0.1, 0.15) is 28.2 Å². The third kappa shape index (κ3) is 4.41. The zero-order valence-corrected chi connectivity index (χ0v) is 18.5. The van der Waals surface area contributed by atoms with Crippen LogP contribution in [0.5, 0.6) is 11.5 Å². The Hall–Kier alpha value is -2.39. The number of hydrogen-bond acceptors (Lipinski definition) is 7. The fourth-order valence-corrected chi connectivity index (χ4v) is 4.86. The Morgan fingerprint density at radius 1 is 1.28 bits per heavy atom. The van der Waals surface area contributed by atoms with Crippen molar-refractivity contribution in [2.24, 2.45) is 0 Å². The van der Waals surface area contributed by atoms with Gasteiger partial charge in [-0.1, -0.05) is 23.7 Å². The van der Waals surface area contributed by atoms with Crippen LogP contribution in [0.4, 0.5) is 0 Å². The Bertz CT molecular complexity index is 1340. The lowest BCUT2D eigenvalue weighted by molar-refractivity contribution is 0.0544. The number of hydrogen-bond donors (Lipinski definition) is 4. The molecule has 3 aromatic rings. The van der Waals surface area contributed by atoms with E-state index in [0.29, 0.717) is 13.0 Å². The molecule has 9 nitrogen and oxygen atoms in total. The van der Waals surface area contributed by atoms with Crippen molar-refractivity contribution in [3.8, 4) is 22.8 Å². The van der Waals surface area contributed by atoms with E-state index in [2.05, 4.69) is 0 Å². The number of phosphoric ester groups is 1. The lowest BCUT2D eigenvalue weighted by Crippen LogP contribution is -2.41. The molecule has 11 heteroatoms. The van der Waals surface area contributed by atoms with Crippen LogP contribution in [0.25, 0.3) is 22.3 Å². The largest absolute Gasteiger partial charge is 0.507 e. The molecule has 2 atom stereocenters. The standard InChI is InChI=1S/C21H21ClNO8P/c1-23-7-6-12(18(10-23)31-32(27,28)29)19-14(24)8-15(25)20-16(26)9-17(30-21(19)20)11-4-2-3-5-13(11)22/h2-5,8-9,12,18,24-25H,6-7,10H2,1H3,(H2,27,28,29)/i9D. The molecule has 0 bridgehead atoms. The van der Waals surface area contributed by atoms with Gasteiger partial charge in [-0.2, -0.15) is 0 Å². The average molecular weight is 483 g/mol. The summed E-state index contributed by atoms with van der Waals surface area (Å²) in [5.74, 6) is -1.96. The van der Waals surface area contributed by atoms with Gasteiger partial charge in [0.05, 0.1) is 12.5 Å². The van der Waals surface area contributed by atoms with Gasteiger partial charge in [0.25, 0.3) is 0 Å². The average Bonchev–Trinajstić information content (AvgIpc) is 2.71. The molecule has 0 aliphatic carbocycles. The monoisotopic (exact) mass is 482 g/mol. The number of likely N-dealkylation sites (N-methyl/N-ethyl adjacent to an activating group) is 1. The summed E-state index contributed by atoms with van der Waals surface area (Å²) in [4.78, 5) is 33.7. The second kappa shape index (κ2) is 8.51. The van der Waals surface area contributed by atoms with Gasteiger partial charge in [-0.15, -0.1) is 0 Å². The first-order chi connectivity index (χ1) is 15.5. The minimum Gasteiger partial charge on any atom is -0.507 e. The van der Waals surface area contributed by atoms with E-state index in [1.807, 2.05) is 4.90 Å². The number of phenols is 2. The Labute approximate surface area is 189 Å². The summed E-state index contributed by atoms with van der Waals surface area (Å²) in [6.07, 6.45) is -0.740. The van der Waals surface area contributed by atoms with Crippen LogP contribution in [0.1, 0.15) is 19.3 Å². The summed E-state index contributed by atoms with van der Waals surface area (Å²) in [7, 11) is -3.13. The predicted molar refractivity (Wildman–Crippen MR) is 118 cm³/mol. The van der Waals surface area contributed by atoms with Crippen LogP contribution in [0, 0.1) is 0 Å². The highest BCUT2D eigenvalue weighted by molar-refractivity contribution is 7.46. The van der Waals surface area contributed by atoms with E-state index in [9.17, 15) is 29.4 Å². The SMILES string of the molecule is [2H]c1c(-c2ccccc2Cl)oc2c(C3CCN(C)CC3OP(=O)(O)O)c(O)cc(O)c2c1=O. The Morgan fingerprint density at radius 2 is 2.00 bits per heavy atom. The second-order valence-corrected chi connectivity index (χ2v) is 9.29. The molecular formula is C21H21ClNO8P. The van der Waals surface area contributed by atoms with Crippen molar-refractivity contribution in [1.82, 2.24) is 4.90 Å². The highest BCUT2D eigenvalue weighted by atomic mass is 35.5. The van der Waals surface area contributed by atoms with Crippen LogP contribution < -0.4 is 5.43 Å². The van der Waals surface area contributed by atoms with Crippen LogP contribution in [-0.2, 0) is 9.09 Å². The highest BCUT2D eigenvalue weighted by Gasteiger charge is 2.38. The molecule has 1 aliphatic rings. The molecule has 2 heterocycles. The van der Waals surface area contributed by atoms with Crippen LogP contribution in [0.3, 0.4) is 0 Å². The number of phosphoric acid groups is 1. The molecule has 2 aromatic carbocycles. The topological polar surface area (TPSA) is 141 Å².